The SMILES string of the molecule is CCC(CN)C(N)c1cc(Br)ccc1C. The molecule has 0 aliphatic carbocycles. The van der Waals surface area contributed by atoms with Crippen LogP contribution in [0.1, 0.15) is 30.5 Å². The molecule has 84 valence electrons. The number of hydrogen-bond acceptors (Lipinski definition) is 2. The Morgan fingerprint density at radius 1 is 1.40 bits per heavy atom. The van der Waals surface area contributed by atoms with E-state index in [0.717, 1.165) is 10.9 Å². The van der Waals surface area contributed by atoms with Gasteiger partial charge in [-0.3, -0.25) is 0 Å². The van der Waals surface area contributed by atoms with Crippen LogP contribution < -0.4 is 11.5 Å². The molecule has 0 saturated carbocycles. The van der Waals surface area contributed by atoms with Crippen LogP contribution in [0.5, 0.6) is 0 Å². The zero-order valence-electron chi connectivity index (χ0n) is 9.33. The molecular formula is C12H19BrN2. The highest BCUT2D eigenvalue weighted by Gasteiger charge is 2.18. The molecule has 0 aromatic heterocycles. The first-order valence-electron chi connectivity index (χ1n) is 5.31. The van der Waals surface area contributed by atoms with Crippen LogP contribution in [-0.2, 0) is 0 Å². The Bertz CT molecular complexity index is 321. The number of halogens is 1. The van der Waals surface area contributed by atoms with Gasteiger partial charge < -0.3 is 11.5 Å². The third-order valence-electron chi connectivity index (χ3n) is 2.94. The van der Waals surface area contributed by atoms with Crippen LogP contribution in [0.3, 0.4) is 0 Å². The van der Waals surface area contributed by atoms with Crippen molar-refractivity contribution in [2.24, 2.45) is 17.4 Å². The molecule has 2 atom stereocenters. The van der Waals surface area contributed by atoms with Gasteiger partial charge in [0.05, 0.1) is 0 Å². The van der Waals surface area contributed by atoms with Gasteiger partial charge in [0.15, 0.2) is 0 Å². The van der Waals surface area contributed by atoms with Crippen LogP contribution in [0, 0.1) is 12.8 Å². The molecule has 1 aromatic carbocycles. The molecule has 2 unspecified atom stereocenters. The predicted molar refractivity (Wildman–Crippen MR) is 68.6 cm³/mol. The van der Waals surface area contributed by atoms with Gasteiger partial charge in [-0.15, -0.1) is 0 Å². The van der Waals surface area contributed by atoms with Crippen molar-refractivity contribution in [3.05, 3.63) is 33.8 Å². The number of benzene rings is 1. The first-order valence-corrected chi connectivity index (χ1v) is 6.11. The van der Waals surface area contributed by atoms with E-state index in [1.807, 2.05) is 6.07 Å². The van der Waals surface area contributed by atoms with Gasteiger partial charge >= 0.3 is 0 Å². The molecule has 0 fully saturated rings. The van der Waals surface area contributed by atoms with Crippen molar-refractivity contribution in [2.75, 3.05) is 6.54 Å². The van der Waals surface area contributed by atoms with E-state index in [0.29, 0.717) is 12.5 Å². The summed E-state index contributed by atoms with van der Waals surface area (Å²) >= 11 is 3.47. The lowest BCUT2D eigenvalue weighted by molar-refractivity contribution is 0.426. The van der Waals surface area contributed by atoms with Gasteiger partial charge in [-0.2, -0.15) is 0 Å². The third kappa shape index (κ3) is 3.03. The van der Waals surface area contributed by atoms with Crippen LogP contribution in [0.2, 0.25) is 0 Å². The highest BCUT2D eigenvalue weighted by atomic mass is 79.9. The summed E-state index contributed by atoms with van der Waals surface area (Å²) in [4.78, 5) is 0. The Labute approximate surface area is 100 Å². The minimum atomic E-state index is 0.0394. The van der Waals surface area contributed by atoms with E-state index in [4.69, 9.17) is 11.5 Å². The largest absolute Gasteiger partial charge is 0.330 e. The third-order valence-corrected chi connectivity index (χ3v) is 3.43. The number of nitrogens with two attached hydrogens (primary N) is 2. The van der Waals surface area contributed by atoms with E-state index in [-0.39, 0.29) is 6.04 Å². The maximum Gasteiger partial charge on any atom is 0.0338 e. The first kappa shape index (κ1) is 12.7. The van der Waals surface area contributed by atoms with Crippen molar-refractivity contribution in [3.8, 4) is 0 Å². The van der Waals surface area contributed by atoms with E-state index in [1.165, 1.54) is 11.1 Å². The molecule has 0 saturated heterocycles. The first-order chi connectivity index (χ1) is 7.10. The molecule has 2 nitrogen and oxygen atoms in total. The fourth-order valence-corrected chi connectivity index (χ4v) is 2.17. The summed E-state index contributed by atoms with van der Waals surface area (Å²) in [5.74, 6) is 0.359. The van der Waals surface area contributed by atoms with Gasteiger partial charge in [0.2, 0.25) is 0 Å². The fourth-order valence-electron chi connectivity index (χ4n) is 1.79. The lowest BCUT2D eigenvalue weighted by Gasteiger charge is -2.23. The quantitative estimate of drug-likeness (QED) is 0.884. The molecule has 0 aliphatic rings. The minimum absolute atomic E-state index is 0.0394. The van der Waals surface area contributed by atoms with Crippen molar-refractivity contribution in [1.29, 1.82) is 0 Å². The van der Waals surface area contributed by atoms with E-state index in [2.05, 4.69) is 41.9 Å². The van der Waals surface area contributed by atoms with Crippen molar-refractivity contribution in [3.63, 3.8) is 0 Å². The van der Waals surface area contributed by atoms with Crippen LogP contribution in [0.15, 0.2) is 22.7 Å². The Morgan fingerprint density at radius 2 is 2.07 bits per heavy atom. The molecule has 0 radical (unpaired) electrons. The van der Waals surface area contributed by atoms with Gasteiger partial charge in [-0.25, -0.2) is 0 Å². The maximum atomic E-state index is 6.23. The predicted octanol–water partition coefficient (Wildman–Crippen LogP) is 2.74. The Hall–Kier alpha value is -0.380. The number of aryl methyl sites for hydroxylation is 1. The molecule has 15 heavy (non-hydrogen) atoms. The average Bonchev–Trinajstić information content (AvgIpc) is 2.23. The van der Waals surface area contributed by atoms with Crippen LogP contribution in [0.4, 0.5) is 0 Å². The second kappa shape index (κ2) is 5.64. The van der Waals surface area contributed by atoms with Gasteiger partial charge in [0.1, 0.15) is 0 Å². The summed E-state index contributed by atoms with van der Waals surface area (Å²) in [6.07, 6.45) is 1.02. The zero-order chi connectivity index (χ0) is 11.4. The summed E-state index contributed by atoms with van der Waals surface area (Å²) in [6, 6.07) is 6.26. The smallest absolute Gasteiger partial charge is 0.0338 e. The summed E-state index contributed by atoms with van der Waals surface area (Å²) < 4.78 is 1.07. The molecule has 0 bridgehead atoms. The van der Waals surface area contributed by atoms with Crippen molar-refractivity contribution in [1.82, 2.24) is 0 Å². The zero-order valence-corrected chi connectivity index (χ0v) is 10.9. The molecule has 0 amide bonds. The van der Waals surface area contributed by atoms with Gasteiger partial charge in [0, 0.05) is 10.5 Å². The molecule has 3 heteroatoms. The monoisotopic (exact) mass is 270 g/mol. The van der Waals surface area contributed by atoms with Gasteiger partial charge in [-0.1, -0.05) is 35.3 Å². The normalized spacial score (nSPS) is 15.0. The summed E-state index contributed by atoms with van der Waals surface area (Å²) in [5.41, 5.74) is 14.4. The molecular weight excluding hydrogens is 252 g/mol. The lowest BCUT2D eigenvalue weighted by Crippen LogP contribution is -2.28. The number of hydrogen-bond donors (Lipinski definition) is 2. The van der Waals surface area contributed by atoms with Crippen molar-refractivity contribution < 1.29 is 0 Å². The molecule has 0 spiro atoms. The fraction of sp³-hybridized carbons (Fsp3) is 0.500. The molecule has 1 rings (SSSR count). The maximum absolute atomic E-state index is 6.23. The average molecular weight is 271 g/mol. The summed E-state index contributed by atoms with van der Waals surface area (Å²) in [6.45, 7) is 4.86. The highest BCUT2D eigenvalue weighted by molar-refractivity contribution is 9.10. The van der Waals surface area contributed by atoms with E-state index in [1.54, 1.807) is 0 Å². The molecule has 0 aliphatic heterocycles. The molecule has 1 aromatic rings. The topological polar surface area (TPSA) is 52.0 Å². The van der Waals surface area contributed by atoms with Crippen LogP contribution >= 0.6 is 15.9 Å². The van der Waals surface area contributed by atoms with Crippen molar-refractivity contribution in [2.45, 2.75) is 26.3 Å². The van der Waals surface area contributed by atoms with E-state index >= 15 is 0 Å². The van der Waals surface area contributed by atoms with E-state index < -0.39 is 0 Å². The number of rotatable bonds is 4. The minimum Gasteiger partial charge on any atom is -0.330 e. The van der Waals surface area contributed by atoms with Crippen LogP contribution in [0.25, 0.3) is 0 Å². The Morgan fingerprint density at radius 3 is 2.60 bits per heavy atom. The highest BCUT2D eigenvalue weighted by Crippen LogP contribution is 2.26. The Balaban J connectivity index is 2.98. The summed E-state index contributed by atoms with van der Waals surface area (Å²) in [7, 11) is 0. The van der Waals surface area contributed by atoms with E-state index in [9.17, 15) is 0 Å². The standard InChI is InChI=1S/C12H19BrN2/c1-3-9(7-14)12(15)11-6-10(13)5-4-8(11)2/h4-6,9,12H,3,7,14-15H2,1-2H3. The van der Waals surface area contributed by atoms with Crippen molar-refractivity contribution >= 4 is 15.9 Å². The second-order valence-corrected chi connectivity index (χ2v) is 4.85. The van der Waals surface area contributed by atoms with Gasteiger partial charge in [-0.05, 0) is 42.6 Å². The van der Waals surface area contributed by atoms with Gasteiger partial charge in [0.25, 0.3) is 0 Å². The Kier molecular flexibility index (Phi) is 4.77. The molecule has 0 heterocycles. The molecule has 4 N–H and O–H groups in total. The van der Waals surface area contributed by atoms with Crippen LogP contribution in [-0.4, -0.2) is 6.54 Å². The summed E-state index contributed by atoms with van der Waals surface area (Å²) in [5, 5.41) is 0. The second-order valence-electron chi connectivity index (χ2n) is 3.93. The lowest BCUT2D eigenvalue weighted by atomic mass is 9.89.